The Morgan fingerprint density at radius 2 is 0.534 bits per heavy atom. The first-order valence-corrected chi connectivity index (χ1v) is 15.7. The first-order chi connectivity index (χ1) is 23.1. The van der Waals surface area contributed by atoms with Gasteiger partial charge in [0.15, 0.2) is 0 Å². The van der Waals surface area contributed by atoms with Crippen molar-refractivity contribution in [3.63, 3.8) is 0 Å². The molecule has 0 aromatic heterocycles. The molecule has 8 aromatic rings. The zero-order valence-corrected chi connectivity index (χ0v) is 50.1. The van der Waals surface area contributed by atoms with Crippen molar-refractivity contribution in [1.29, 1.82) is 0 Å². The minimum Gasteiger partial charge on any atom is -0.534 e. The Morgan fingerprint density at radius 3 is 0.707 bits per heavy atom. The SMILES string of the molecule is Cc1ccc2c(-c3c(O)[c-]cc4cc(C)ccc34)c(O)[c-]cc2c1.Cc1ccc2c(-c3c(O)[c-]cc4cc(C)ccc34)c(O)[c-]cc2c1.O.[CH3-].[CH3-].[CH3-].[Y].[Y].[Y].[Y].[Zr+2].[Zr]. The summed E-state index contributed by atoms with van der Waals surface area (Å²) in [6, 6.07) is 42.8. The van der Waals surface area contributed by atoms with E-state index in [1.807, 2.05) is 100 Å². The average molecular weight is 1230 g/mol. The molecule has 8 rings (SSSR count). The van der Waals surface area contributed by atoms with Crippen molar-refractivity contribution < 1.29 is 209 Å². The van der Waals surface area contributed by atoms with E-state index in [1.165, 1.54) is 0 Å². The van der Waals surface area contributed by atoms with Gasteiger partial charge in [0.05, 0.1) is 0 Å². The quantitative estimate of drug-likeness (QED) is 0.129. The molecule has 0 aliphatic rings. The number of fused-ring (bicyclic) bond motifs is 4. The van der Waals surface area contributed by atoms with E-state index >= 15 is 0 Å². The summed E-state index contributed by atoms with van der Waals surface area (Å²) in [6.07, 6.45) is 0. The molecule has 11 heteroatoms. The summed E-state index contributed by atoms with van der Waals surface area (Å²) in [4.78, 5) is 0. The first-order valence-electron chi connectivity index (χ1n) is 15.7. The first kappa shape index (κ1) is 64.8. The number of aryl methyl sites for hydroxylation is 4. The summed E-state index contributed by atoms with van der Waals surface area (Å²) in [6.45, 7) is 8.10. The van der Waals surface area contributed by atoms with Gasteiger partial charge in [-0.05, 0) is 27.7 Å². The molecule has 0 saturated carbocycles. The molecular weight excluding hydrogens is 1180 g/mol. The number of rotatable bonds is 2. The summed E-state index contributed by atoms with van der Waals surface area (Å²) >= 11 is 0. The topological polar surface area (TPSA) is 112 Å². The maximum atomic E-state index is 10.5. The Kier molecular flexibility index (Phi) is 31.3. The van der Waals surface area contributed by atoms with E-state index in [0.717, 1.165) is 65.3 Å². The molecule has 0 aliphatic heterocycles. The van der Waals surface area contributed by atoms with Crippen LogP contribution in [0.5, 0.6) is 23.0 Å². The summed E-state index contributed by atoms with van der Waals surface area (Å²) in [7, 11) is 0. The van der Waals surface area contributed by atoms with Crippen LogP contribution in [0.2, 0.25) is 0 Å². The number of phenols is 4. The molecule has 0 aliphatic carbocycles. The summed E-state index contributed by atoms with van der Waals surface area (Å²) < 4.78 is 0. The van der Waals surface area contributed by atoms with Crippen molar-refractivity contribution in [1.82, 2.24) is 0 Å². The van der Waals surface area contributed by atoms with Crippen molar-refractivity contribution in [2.45, 2.75) is 27.7 Å². The van der Waals surface area contributed by atoms with Crippen LogP contribution in [0.3, 0.4) is 0 Å². The monoisotopic (exact) mass is 1220 g/mol. The van der Waals surface area contributed by atoms with Gasteiger partial charge in [-0.25, -0.2) is 0 Å². The molecule has 286 valence electrons. The van der Waals surface area contributed by atoms with Crippen molar-refractivity contribution in [2.24, 2.45) is 0 Å². The molecule has 58 heavy (non-hydrogen) atoms. The van der Waals surface area contributed by atoms with Gasteiger partial charge in [-0.3, -0.25) is 0 Å². The number of phenolic OH excluding ortho intramolecular Hbond substituents is 4. The van der Waals surface area contributed by atoms with E-state index in [9.17, 15) is 20.4 Å². The molecule has 0 saturated heterocycles. The van der Waals surface area contributed by atoms with Crippen LogP contribution in [-0.4, -0.2) is 25.9 Å². The maximum Gasteiger partial charge on any atom is 2.00 e. The van der Waals surface area contributed by atoms with Crippen molar-refractivity contribution >= 4 is 43.1 Å². The zero-order chi connectivity index (χ0) is 33.7. The van der Waals surface area contributed by atoms with Crippen molar-refractivity contribution in [2.75, 3.05) is 0 Å². The molecule has 0 fully saturated rings. The van der Waals surface area contributed by atoms with Crippen LogP contribution < -0.4 is 0 Å². The van der Waals surface area contributed by atoms with Gasteiger partial charge in [-0.1, -0.05) is 70.8 Å². The second-order valence-corrected chi connectivity index (χ2v) is 12.4. The Bertz CT molecular complexity index is 2230. The molecule has 0 bridgehead atoms. The minimum atomic E-state index is 0. The largest absolute Gasteiger partial charge is 2.00 e. The second-order valence-electron chi connectivity index (χ2n) is 12.4. The van der Waals surface area contributed by atoms with Gasteiger partial charge >= 0.3 is 26.2 Å². The molecule has 0 atom stereocenters. The molecule has 0 unspecified atom stereocenters. The van der Waals surface area contributed by atoms with Crippen LogP contribution in [0.25, 0.3) is 65.3 Å². The zero-order valence-electron chi connectivity index (χ0n) is 33.8. The number of hydrogen-bond donors (Lipinski definition) is 4. The van der Waals surface area contributed by atoms with Crippen LogP contribution in [0.15, 0.2) is 97.1 Å². The van der Waals surface area contributed by atoms with Gasteiger partial charge in [0.1, 0.15) is 0 Å². The van der Waals surface area contributed by atoms with Crippen LogP contribution in [0.1, 0.15) is 22.3 Å². The normalized spacial score (nSPS) is 9.31. The fraction of sp³-hybridized carbons (Fsp3) is 0.0851. The number of benzene rings is 8. The summed E-state index contributed by atoms with van der Waals surface area (Å²) in [5.74, 6) is 0.123. The van der Waals surface area contributed by atoms with E-state index in [2.05, 4.69) is 24.3 Å². The molecule has 0 heterocycles. The fourth-order valence-electron chi connectivity index (χ4n) is 6.51. The van der Waals surface area contributed by atoms with Gasteiger partial charge in [0.25, 0.3) is 0 Å². The van der Waals surface area contributed by atoms with Gasteiger partial charge < -0.3 is 48.2 Å². The van der Waals surface area contributed by atoms with Gasteiger partial charge in [0.2, 0.25) is 0 Å². The smallest absolute Gasteiger partial charge is 0.534 e. The average Bonchev–Trinajstić information content (AvgIpc) is 3.06. The van der Waals surface area contributed by atoms with Crippen LogP contribution in [0.4, 0.5) is 0 Å². The van der Waals surface area contributed by atoms with E-state index < -0.39 is 0 Å². The molecule has 0 amide bonds. The molecular formula is C47H43O5Y4Zr2-5. The third-order valence-electron chi connectivity index (χ3n) is 8.81. The van der Waals surface area contributed by atoms with Crippen LogP contribution in [-0.2, 0) is 183 Å². The van der Waals surface area contributed by atoms with Gasteiger partial charge in [0, 0.05) is 180 Å². The van der Waals surface area contributed by atoms with E-state index in [1.54, 1.807) is 24.3 Å². The maximum absolute atomic E-state index is 10.5. The van der Waals surface area contributed by atoms with Crippen molar-refractivity contribution in [3.8, 4) is 45.3 Å². The van der Waals surface area contributed by atoms with Gasteiger partial charge in [-0.2, -0.15) is 24.3 Å². The van der Waals surface area contributed by atoms with E-state index in [0.29, 0.717) is 22.3 Å². The standard InChI is InChI=1S/2C22H16O2.3CH3.H2O.4Y.2Zr/c2*1-13-3-7-17-15(11-13)5-9-19(23)21(17)22-18-8-4-14(2)12-16(18)6-10-20(22)24;;;;;;;;;;/h2*3-8,11-12,23-24H,1-2H3;3*1H3;1H2;;;;;;/q2*-2;3*-1;;;;;;;+2. The number of hydrogen-bond acceptors (Lipinski definition) is 4. The Balaban J connectivity index is -0.000000429. The third-order valence-corrected chi connectivity index (χ3v) is 8.81. The minimum absolute atomic E-state index is 0. The predicted octanol–water partition coefficient (Wildman–Crippen LogP) is 11.1. The third kappa shape index (κ3) is 13.6. The van der Waals surface area contributed by atoms with Gasteiger partial charge in [-0.15, -0.1) is 114 Å². The Hall–Kier alpha value is 0.142. The fourth-order valence-corrected chi connectivity index (χ4v) is 6.51. The van der Waals surface area contributed by atoms with Crippen LogP contribution in [0, 0.1) is 74.2 Å². The summed E-state index contributed by atoms with van der Waals surface area (Å²) in [5, 5.41) is 49.4. The number of aromatic hydroxyl groups is 4. The molecule has 0 spiro atoms. The second kappa shape index (κ2) is 28.0. The predicted molar refractivity (Wildman–Crippen MR) is 218 cm³/mol. The van der Waals surface area contributed by atoms with Crippen LogP contribution >= 0.6 is 0 Å². The molecule has 6 N–H and O–H groups in total. The van der Waals surface area contributed by atoms with Crippen molar-refractivity contribution in [3.05, 3.63) is 166 Å². The molecule has 4 radical (unpaired) electrons. The van der Waals surface area contributed by atoms with E-state index in [4.69, 9.17) is 0 Å². The Morgan fingerprint density at radius 1 is 0.362 bits per heavy atom. The van der Waals surface area contributed by atoms with E-state index in [-0.39, 0.29) is 234 Å². The molecule has 8 aromatic carbocycles. The summed E-state index contributed by atoms with van der Waals surface area (Å²) in [5.41, 5.74) is 6.92. The Labute approximate surface area is 483 Å². The molecule has 5 nitrogen and oxygen atoms in total.